The van der Waals surface area contributed by atoms with Crippen molar-refractivity contribution in [2.24, 2.45) is 0 Å². The van der Waals surface area contributed by atoms with Crippen LogP contribution in [0.15, 0.2) is 37.9 Å². The van der Waals surface area contributed by atoms with Crippen LogP contribution in [0, 0.1) is 5.82 Å². The summed E-state index contributed by atoms with van der Waals surface area (Å²) < 4.78 is 23.2. The largest absolute Gasteiger partial charge is 0.519 e. The Kier molecular flexibility index (Phi) is 5.80. The minimum atomic E-state index is -0.706. The Morgan fingerprint density at radius 1 is 1.05 bits per heavy atom. The van der Waals surface area contributed by atoms with Crippen molar-refractivity contribution in [1.29, 1.82) is 0 Å². The van der Waals surface area contributed by atoms with Crippen LogP contribution in [-0.2, 0) is 6.42 Å². The summed E-state index contributed by atoms with van der Waals surface area (Å²) in [6, 6.07) is 5.87. The summed E-state index contributed by atoms with van der Waals surface area (Å²) in [6.45, 7) is 3.03. The van der Waals surface area contributed by atoms with Crippen molar-refractivity contribution in [1.82, 2.24) is 4.90 Å². The van der Waals surface area contributed by atoms with Gasteiger partial charge in [-0.3, -0.25) is 0 Å². The lowest BCUT2D eigenvalue weighted by atomic mass is 10.1. The van der Waals surface area contributed by atoms with Crippen LogP contribution in [0.2, 0.25) is 0 Å². The quantitative estimate of drug-likeness (QED) is 0.862. The molecule has 1 fully saturated rings. The molecule has 4 nitrogen and oxygen atoms in total. The lowest BCUT2D eigenvalue weighted by Gasteiger charge is -2.25. The van der Waals surface area contributed by atoms with Gasteiger partial charge in [0.1, 0.15) is 5.82 Å². The molecule has 2 aromatic rings. The van der Waals surface area contributed by atoms with Gasteiger partial charge in [-0.25, -0.2) is 9.18 Å². The van der Waals surface area contributed by atoms with Crippen molar-refractivity contribution in [2.45, 2.75) is 25.7 Å². The van der Waals surface area contributed by atoms with Crippen molar-refractivity contribution in [2.75, 3.05) is 19.6 Å². The van der Waals surface area contributed by atoms with Gasteiger partial charge in [0.25, 0.3) is 0 Å². The number of nitrogens with zero attached hydrogens (tertiary/aromatic N) is 1. The second-order valence-electron chi connectivity index (χ2n) is 5.37. The first-order valence-corrected chi connectivity index (χ1v) is 7.33. The summed E-state index contributed by atoms with van der Waals surface area (Å²) in [4.78, 5) is 13.7. The van der Waals surface area contributed by atoms with Gasteiger partial charge in [0, 0.05) is 18.5 Å². The van der Waals surface area contributed by atoms with Gasteiger partial charge < -0.3 is 13.7 Å². The van der Waals surface area contributed by atoms with Crippen LogP contribution in [0.4, 0.5) is 4.39 Å². The SMILES string of the molecule is Cl.O=c1oc(CCN2CCCCC2)c(-c2ccc(F)cc2)o1. The molecule has 0 spiro atoms. The summed E-state index contributed by atoms with van der Waals surface area (Å²) >= 11 is 0. The van der Waals surface area contributed by atoms with Gasteiger partial charge in [-0.05, 0) is 50.2 Å². The molecule has 0 N–H and O–H groups in total. The number of hydrogen-bond donors (Lipinski definition) is 0. The second kappa shape index (κ2) is 7.61. The van der Waals surface area contributed by atoms with E-state index in [0.717, 1.165) is 19.6 Å². The number of hydrogen-bond acceptors (Lipinski definition) is 4. The number of halogens is 2. The molecular weight excluding hydrogens is 309 g/mol. The fourth-order valence-electron chi connectivity index (χ4n) is 2.74. The first-order valence-electron chi connectivity index (χ1n) is 7.33. The molecule has 2 heterocycles. The molecule has 1 saturated heterocycles. The third kappa shape index (κ3) is 3.99. The van der Waals surface area contributed by atoms with Gasteiger partial charge in [0.15, 0.2) is 11.5 Å². The maximum absolute atomic E-state index is 13.0. The first kappa shape index (κ1) is 16.8. The summed E-state index contributed by atoms with van der Waals surface area (Å²) in [7, 11) is 0. The second-order valence-corrected chi connectivity index (χ2v) is 5.37. The Hall–Kier alpha value is -1.59. The molecule has 0 radical (unpaired) electrons. The van der Waals surface area contributed by atoms with Crippen LogP contribution < -0.4 is 5.82 Å². The maximum atomic E-state index is 13.0. The molecule has 0 amide bonds. The lowest BCUT2D eigenvalue weighted by Crippen LogP contribution is -2.31. The zero-order chi connectivity index (χ0) is 14.7. The number of rotatable bonds is 4. The van der Waals surface area contributed by atoms with Crippen LogP contribution in [0.3, 0.4) is 0 Å². The third-order valence-corrected chi connectivity index (χ3v) is 3.86. The number of benzene rings is 1. The first-order chi connectivity index (χ1) is 10.2. The summed E-state index contributed by atoms with van der Waals surface area (Å²) in [5, 5.41) is 0. The van der Waals surface area contributed by atoms with Gasteiger partial charge in [0.2, 0.25) is 0 Å². The Bertz CT molecular complexity index is 644. The number of piperidine rings is 1. The third-order valence-electron chi connectivity index (χ3n) is 3.86. The van der Waals surface area contributed by atoms with E-state index in [1.807, 2.05) is 0 Å². The molecule has 1 aromatic carbocycles. The van der Waals surface area contributed by atoms with E-state index in [1.165, 1.54) is 31.4 Å². The highest BCUT2D eigenvalue weighted by molar-refractivity contribution is 5.85. The Morgan fingerprint density at radius 3 is 2.41 bits per heavy atom. The van der Waals surface area contributed by atoms with Crippen molar-refractivity contribution >= 4 is 12.4 Å². The Balaban J connectivity index is 0.00000176. The maximum Gasteiger partial charge on any atom is 0.519 e. The average Bonchev–Trinajstić information content (AvgIpc) is 2.88. The highest BCUT2D eigenvalue weighted by Gasteiger charge is 2.17. The van der Waals surface area contributed by atoms with Crippen LogP contribution in [0.5, 0.6) is 0 Å². The monoisotopic (exact) mass is 327 g/mol. The summed E-state index contributed by atoms with van der Waals surface area (Å²) in [5.41, 5.74) is 0.663. The Morgan fingerprint density at radius 2 is 1.73 bits per heavy atom. The van der Waals surface area contributed by atoms with E-state index in [2.05, 4.69) is 4.90 Å². The molecule has 0 unspecified atom stereocenters. The van der Waals surface area contributed by atoms with E-state index in [1.54, 1.807) is 12.1 Å². The van der Waals surface area contributed by atoms with Gasteiger partial charge >= 0.3 is 5.82 Å². The molecule has 1 aliphatic rings. The van der Waals surface area contributed by atoms with E-state index < -0.39 is 5.82 Å². The smallest absolute Gasteiger partial charge is 0.395 e. The predicted molar refractivity (Wildman–Crippen MR) is 83.9 cm³/mol. The molecule has 0 bridgehead atoms. The molecule has 0 atom stereocenters. The Labute approximate surface area is 134 Å². The normalized spacial score (nSPS) is 15.5. The summed E-state index contributed by atoms with van der Waals surface area (Å²) in [5.74, 6) is -0.0726. The molecule has 1 aliphatic heterocycles. The average molecular weight is 328 g/mol. The molecule has 1 aromatic heterocycles. The molecule has 22 heavy (non-hydrogen) atoms. The lowest BCUT2D eigenvalue weighted by molar-refractivity contribution is 0.226. The van der Waals surface area contributed by atoms with Crippen molar-refractivity contribution < 1.29 is 13.2 Å². The van der Waals surface area contributed by atoms with Crippen molar-refractivity contribution in [3.8, 4) is 11.3 Å². The fourth-order valence-corrected chi connectivity index (χ4v) is 2.74. The topological polar surface area (TPSA) is 46.6 Å². The van der Waals surface area contributed by atoms with E-state index in [9.17, 15) is 9.18 Å². The van der Waals surface area contributed by atoms with Crippen LogP contribution in [0.25, 0.3) is 11.3 Å². The molecule has 0 saturated carbocycles. The van der Waals surface area contributed by atoms with Crippen LogP contribution in [0.1, 0.15) is 25.0 Å². The zero-order valence-electron chi connectivity index (χ0n) is 12.2. The molecule has 120 valence electrons. The minimum Gasteiger partial charge on any atom is -0.395 e. The van der Waals surface area contributed by atoms with E-state index in [-0.39, 0.29) is 18.2 Å². The predicted octanol–water partition coefficient (Wildman–Crippen LogP) is 3.49. The van der Waals surface area contributed by atoms with Crippen LogP contribution >= 0.6 is 12.4 Å². The highest BCUT2D eigenvalue weighted by atomic mass is 35.5. The molecular formula is C16H19ClFNO3. The van der Waals surface area contributed by atoms with Crippen molar-refractivity contribution in [3.63, 3.8) is 0 Å². The van der Waals surface area contributed by atoms with Gasteiger partial charge in [-0.15, -0.1) is 12.4 Å². The molecule has 3 rings (SSSR count). The highest BCUT2D eigenvalue weighted by Crippen LogP contribution is 2.24. The van der Waals surface area contributed by atoms with E-state index in [0.29, 0.717) is 23.5 Å². The molecule has 6 heteroatoms. The van der Waals surface area contributed by atoms with E-state index >= 15 is 0 Å². The number of likely N-dealkylation sites (tertiary alicyclic amines) is 1. The van der Waals surface area contributed by atoms with Gasteiger partial charge in [-0.1, -0.05) is 6.42 Å². The molecule has 0 aliphatic carbocycles. The zero-order valence-corrected chi connectivity index (χ0v) is 13.0. The van der Waals surface area contributed by atoms with Crippen LogP contribution in [-0.4, -0.2) is 24.5 Å². The van der Waals surface area contributed by atoms with E-state index in [4.69, 9.17) is 8.83 Å². The summed E-state index contributed by atoms with van der Waals surface area (Å²) in [6.07, 6.45) is 4.36. The standard InChI is InChI=1S/C16H18FNO3.ClH/c17-13-6-4-12(5-7-13)15-14(20-16(19)21-15)8-11-18-9-2-1-3-10-18;/h4-7H,1-3,8-11H2;1H. The minimum absolute atomic E-state index is 0. The van der Waals surface area contributed by atoms with Crippen molar-refractivity contribution in [3.05, 3.63) is 46.5 Å². The van der Waals surface area contributed by atoms with Gasteiger partial charge in [0.05, 0.1) is 0 Å². The van der Waals surface area contributed by atoms with Gasteiger partial charge in [-0.2, -0.15) is 0 Å². The fraction of sp³-hybridized carbons (Fsp3) is 0.438.